The number of carbonyl (C=O) groups excluding carboxylic acids is 1. The Balaban J connectivity index is 2.90. The first-order chi connectivity index (χ1) is 8.66. The molecule has 0 bridgehead atoms. The van der Waals surface area contributed by atoms with E-state index in [9.17, 15) is 4.79 Å². The van der Waals surface area contributed by atoms with E-state index in [0.717, 1.165) is 12.0 Å². The van der Waals surface area contributed by atoms with E-state index in [1.807, 2.05) is 58.9 Å². The largest absolute Gasteiger partial charge is 0.444 e. The van der Waals surface area contributed by atoms with Gasteiger partial charge in [-0.1, -0.05) is 19.1 Å². The van der Waals surface area contributed by atoms with Crippen LogP contribution in [0, 0.1) is 0 Å². The number of nitrogens with two attached hydrogens (primary N) is 1. The van der Waals surface area contributed by atoms with Crippen molar-refractivity contribution in [2.75, 3.05) is 5.73 Å². The first kappa shape index (κ1) is 15.3. The van der Waals surface area contributed by atoms with Gasteiger partial charge in [0, 0.05) is 5.69 Å². The Morgan fingerprint density at radius 1 is 1.32 bits per heavy atom. The highest BCUT2D eigenvalue weighted by atomic mass is 16.6. The summed E-state index contributed by atoms with van der Waals surface area (Å²) in [5.74, 6) is 0. The first-order valence-corrected chi connectivity index (χ1v) is 6.53. The molecule has 0 aliphatic rings. The predicted molar refractivity (Wildman–Crippen MR) is 77.9 cm³/mol. The number of anilines is 1. The Labute approximate surface area is 115 Å². The van der Waals surface area contributed by atoms with Crippen LogP contribution in [0.15, 0.2) is 24.3 Å². The van der Waals surface area contributed by atoms with Crippen LogP contribution in [0.2, 0.25) is 0 Å². The van der Waals surface area contributed by atoms with E-state index >= 15 is 0 Å². The fourth-order valence-electron chi connectivity index (χ4n) is 1.78. The normalized spacial score (nSPS) is 14.6. The second-order valence-corrected chi connectivity index (χ2v) is 5.94. The molecule has 4 nitrogen and oxygen atoms in total. The number of rotatable bonds is 3. The zero-order valence-electron chi connectivity index (χ0n) is 12.4. The highest BCUT2D eigenvalue weighted by Gasteiger charge is 2.29. The molecule has 1 amide bonds. The molecular weight excluding hydrogens is 240 g/mol. The van der Waals surface area contributed by atoms with Crippen LogP contribution in [-0.2, 0) is 10.3 Å². The van der Waals surface area contributed by atoms with Gasteiger partial charge in [0.1, 0.15) is 5.60 Å². The van der Waals surface area contributed by atoms with Gasteiger partial charge in [-0.05, 0) is 51.8 Å². The first-order valence-electron chi connectivity index (χ1n) is 6.53. The standard InChI is InChI=1S/C15H24N2O2/c1-6-15(5,11-8-7-9-12(16)10-11)17-13(18)19-14(2,3)4/h7-10H,6,16H2,1-5H3,(H,17,18). The van der Waals surface area contributed by atoms with Crippen molar-refractivity contribution in [1.29, 1.82) is 0 Å². The van der Waals surface area contributed by atoms with Crippen LogP contribution in [0.1, 0.15) is 46.6 Å². The molecule has 0 fully saturated rings. The molecule has 0 saturated heterocycles. The number of ether oxygens (including phenoxy) is 1. The van der Waals surface area contributed by atoms with Crippen LogP contribution in [0.4, 0.5) is 10.5 Å². The van der Waals surface area contributed by atoms with Gasteiger partial charge in [0.15, 0.2) is 0 Å². The topological polar surface area (TPSA) is 64.3 Å². The molecule has 1 aromatic rings. The molecule has 0 spiro atoms. The Morgan fingerprint density at radius 3 is 2.42 bits per heavy atom. The van der Waals surface area contributed by atoms with Gasteiger partial charge >= 0.3 is 6.09 Å². The smallest absolute Gasteiger partial charge is 0.408 e. The molecule has 0 heterocycles. The lowest BCUT2D eigenvalue weighted by Gasteiger charge is -2.31. The maximum Gasteiger partial charge on any atom is 0.408 e. The SMILES string of the molecule is CCC(C)(NC(=O)OC(C)(C)C)c1cccc(N)c1. The van der Waals surface area contributed by atoms with Crippen LogP contribution in [0.3, 0.4) is 0 Å². The molecule has 0 aliphatic heterocycles. The number of nitrogen functional groups attached to an aromatic ring is 1. The summed E-state index contributed by atoms with van der Waals surface area (Å²) in [6, 6.07) is 7.54. The van der Waals surface area contributed by atoms with Crippen molar-refractivity contribution >= 4 is 11.8 Å². The molecule has 0 saturated carbocycles. The monoisotopic (exact) mass is 264 g/mol. The molecule has 1 atom stereocenters. The number of carbonyl (C=O) groups is 1. The van der Waals surface area contributed by atoms with Crippen molar-refractivity contribution in [1.82, 2.24) is 5.32 Å². The summed E-state index contributed by atoms with van der Waals surface area (Å²) >= 11 is 0. The summed E-state index contributed by atoms with van der Waals surface area (Å²) in [4.78, 5) is 11.9. The molecule has 3 N–H and O–H groups in total. The molecule has 4 heteroatoms. The Morgan fingerprint density at radius 2 is 1.95 bits per heavy atom. The van der Waals surface area contributed by atoms with Gasteiger partial charge in [-0.2, -0.15) is 0 Å². The third kappa shape index (κ3) is 4.47. The van der Waals surface area contributed by atoms with Gasteiger partial charge in [-0.25, -0.2) is 4.79 Å². The van der Waals surface area contributed by atoms with Crippen LogP contribution in [0.5, 0.6) is 0 Å². The van der Waals surface area contributed by atoms with E-state index in [2.05, 4.69) is 5.32 Å². The lowest BCUT2D eigenvalue weighted by atomic mass is 9.89. The fourth-order valence-corrected chi connectivity index (χ4v) is 1.78. The van der Waals surface area contributed by atoms with Crippen LogP contribution in [0.25, 0.3) is 0 Å². The summed E-state index contributed by atoms with van der Waals surface area (Å²) in [6.07, 6.45) is 0.328. The van der Waals surface area contributed by atoms with Crippen LogP contribution >= 0.6 is 0 Å². The quantitative estimate of drug-likeness (QED) is 0.822. The number of hydrogen-bond donors (Lipinski definition) is 2. The van der Waals surface area contributed by atoms with Crippen LogP contribution in [-0.4, -0.2) is 11.7 Å². The molecule has 1 unspecified atom stereocenters. The fraction of sp³-hybridized carbons (Fsp3) is 0.533. The average Bonchev–Trinajstić information content (AvgIpc) is 2.26. The highest BCUT2D eigenvalue weighted by Crippen LogP contribution is 2.26. The Kier molecular flexibility index (Phi) is 4.45. The average molecular weight is 264 g/mol. The lowest BCUT2D eigenvalue weighted by Crippen LogP contribution is -2.45. The highest BCUT2D eigenvalue weighted by molar-refractivity contribution is 5.69. The number of benzene rings is 1. The van der Waals surface area contributed by atoms with E-state index in [1.54, 1.807) is 0 Å². The molecule has 0 radical (unpaired) electrons. The maximum absolute atomic E-state index is 11.9. The summed E-state index contributed by atoms with van der Waals surface area (Å²) in [6.45, 7) is 9.51. The number of hydrogen-bond acceptors (Lipinski definition) is 3. The molecular formula is C15H24N2O2. The molecule has 0 aliphatic carbocycles. The number of amides is 1. The number of nitrogens with one attached hydrogen (secondary N) is 1. The second kappa shape index (κ2) is 5.51. The zero-order chi connectivity index (χ0) is 14.7. The molecule has 1 rings (SSSR count). The summed E-state index contributed by atoms with van der Waals surface area (Å²) in [5.41, 5.74) is 6.46. The van der Waals surface area contributed by atoms with Crippen molar-refractivity contribution in [3.05, 3.63) is 29.8 Å². The van der Waals surface area contributed by atoms with Crippen molar-refractivity contribution in [3.8, 4) is 0 Å². The predicted octanol–water partition coefficient (Wildman–Crippen LogP) is 3.42. The third-order valence-electron chi connectivity index (χ3n) is 3.01. The van der Waals surface area contributed by atoms with E-state index < -0.39 is 17.2 Å². The van der Waals surface area contributed by atoms with Crippen molar-refractivity contribution in [3.63, 3.8) is 0 Å². The second-order valence-electron chi connectivity index (χ2n) is 5.94. The minimum atomic E-state index is -0.506. The van der Waals surface area contributed by atoms with E-state index in [-0.39, 0.29) is 0 Å². The van der Waals surface area contributed by atoms with Crippen molar-refractivity contribution in [2.45, 2.75) is 52.2 Å². The Bertz CT molecular complexity index is 452. The Hall–Kier alpha value is -1.71. The summed E-state index contributed by atoms with van der Waals surface area (Å²) < 4.78 is 5.31. The van der Waals surface area contributed by atoms with Gasteiger partial charge in [-0.15, -0.1) is 0 Å². The third-order valence-corrected chi connectivity index (χ3v) is 3.01. The molecule has 0 aromatic heterocycles. The van der Waals surface area contributed by atoms with E-state index in [0.29, 0.717) is 5.69 Å². The van der Waals surface area contributed by atoms with Gasteiger partial charge < -0.3 is 15.8 Å². The molecule has 106 valence electrons. The van der Waals surface area contributed by atoms with Gasteiger partial charge in [-0.3, -0.25) is 0 Å². The van der Waals surface area contributed by atoms with Gasteiger partial charge in [0.2, 0.25) is 0 Å². The lowest BCUT2D eigenvalue weighted by molar-refractivity contribution is 0.0458. The summed E-state index contributed by atoms with van der Waals surface area (Å²) in [5, 5.41) is 2.93. The van der Waals surface area contributed by atoms with E-state index in [4.69, 9.17) is 10.5 Å². The molecule has 19 heavy (non-hydrogen) atoms. The van der Waals surface area contributed by atoms with E-state index in [1.165, 1.54) is 0 Å². The van der Waals surface area contributed by atoms with Crippen molar-refractivity contribution in [2.24, 2.45) is 0 Å². The maximum atomic E-state index is 11.9. The van der Waals surface area contributed by atoms with Gasteiger partial charge in [0.25, 0.3) is 0 Å². The van der Waals surface area contributed by atoms with Gasteiger partial charge in [0.05, 0.1) is 5.54 Å². The molecule has 1 aromatic carbocycles. The number of alkyl carbamates (subject to hydrolysis) is 1. The minimum absolute atomic E-state index is 0.417. The minimum Gasteiger partial charge on any atom is -0.444 e. The van der Waals surface area contributed by atoms with Crippen molar-refractivity contribution < 1.29 is 9.53 Å². The summed E-state index contributed by atoms with van der Waals surface area (Å²) in [7, 11) is 0. The zero-order valence-corrected chi connectivity index (χ0v) is 12.4. The van der Waals surface area contributed by atoms with Crippen LogP contribution < -0.4 is 11.1 Å².